The van der Waals surface area contributed by atoms with E-state index >= 15 is 0 Å². The van der Waals surface area contributed by atoms with Gasteiger partial charge < -0.3 is 10.6 Å². The molecule has 2 rings (SSSR count). The quantitative estimate of drug-likeness (QED) is 0.906. The van der Waals surface area contributed by atoms with Gasteiger partial charge in [-0.05, 0) is 17.7 Å². The van der Waals surface area contributed by atoms with Crippen molar-refractivity contribution in [3.05, 3.63) is 66.0 Å². The minimum atomic E-state index is -0.210. The highest BCUT2D eigenvalue weighted by Gasteiger charge is 2.27. The topological polar surface area (TPSA) is 29.3 Å². The Morgan fingerprint density at radius 2 is 1.65 bits per heavy atom. The lowest BCUT2D eigenvalue weighted by molar-refractivity contribution is 0.481. The summed E-state index contributed by atoms with van der Waals surface area (Å²) in [6.07, 6.45) is 0. The second-order valence-electron chi connectivity index (χ2n) is 5.44. The summed E-state index contributed by atoms with van der Waals surface area (Å²) in [4.78, 5) is 1.93. The van der Waals surface area contributed by atoms with Gasteiger partial charge in [0.15, 0.2) is 0 Å². The number of anilines is 1. The molecule has 2 nitrogen and oxygen atoms in total. The van der Waals surface area contributed by atoms with Gasteiger partial charge in [0.05, 0.1) is 5.69 Å². The van der Waals surface area contributed by atoms with Gasteiger partial charge in [-0.2, -0.15) is 0 Å². The molecule has 3 heteroatoms. The van der Waals surface area contributed by atoms with Gasteiger partial charge in [-0.1, -0.05) is 49.4 Å². The number of rotatable bonds is 5. The highest BCUT2D eigenvalue weighted by molar-refractivity contribution is 5.48. The Morgan fingerprint density at radius 3 is 2.25 bits per heavy atom. The molecule has 0 radical (unpaired) electrons. The average molecular weight is 272 g/mol. The molecule has 0 aliphatic carbocycles. The van der Waals surface area contributed by atoms with E-state index in [1.54, 1.807) is 12.1 Å². The molecule has 2 N–H and O–H groups in total. The normalized spacial score (nSPS) is 13.8. The Hall–Kier alpha value is -1.87. The summed E-state index contributed by atoms with van der Waals surface area (Å²) in [5.41, 5.74) is 7.55. The summed E-state index contributed by atoms with van der Waals surface area (Å²) < 4.78 is 13.8. The van der Waals surface area contributed by atoms with Gasteiger partial charge >= 0.3 is 0 Å². The number of hydrogen-bond acceptors (Lipinski definition) is 2. The van der Waals surface area contributed by atoms with Crippen LogP contribution in [-0.4, -0.2) is 20.1 Å². The minimum Gasteiger partial charge on any atom is -0.371 e. The minimum absolute atomic E-state index is 0.206. The van der Waals surface area contributed by atoms with Gasteiger partial charge in [-0.15, -0.1) is 0 Å². The van der Waals surface area contributed by atoms with Crippen molar-refractivity contribution in [3.63, 3.8) is 0 Å². The maximum Gasteiger partial charge on any atom is 0.146 e. The number of nitrogens with zero attached hydrogens (tertiary/aromatic N) is 1. The van der Waals surface area contributed by atoms with Crippen LogP contribution in [0.25, 0.3) is 0 Å². The van der Waals surface area contributed by atoms with Crippen molar-refractivity contribution in [2.75, 3.05) is 25.0 Å². The van der Waals surface area contributed by atoms with Crippen LogP contribution >= 0.6 is 0 Å². The molecule has 2 aromatic rings. The number of benzene rings is 2. The molecule has 0 aromatic heterocycles. The molecule has 0 fully saturated rings. The fourth-order valence-electron chi connectivity index (χ4n) is 2.48. The van der Waals surface area contributed by atoms with Crippen LogP contribution in [0.15, 0.2) is 54.6 Å². The van der Waals surface area contributed by atoms with Crippen LogP contribution in [0.5, 0.6) is 0 Å². The Morgan fingerprint density at radius 1 is 1.05 bits per heavy atom. The fourth-order valence-corrected chi connectivity index (χ4v) is 2.48. The van der Waals surface area contributed by atoms with Crippen molar-refractivity contribution < 1.29 is 4.39 Å². The van der Waals surface area contributed by atoms with E-state index < -0.39 is 0 Å². The Labute approximate surface area is 120 Å². The smallest absolute Gasteiger partial charge is 0.146 e. The van der Waals surface area contributed by atoms with E-state index in [0.717, 1.165) is 0 Å². The van der Waals surface area contributed by atoms with Crippen LogP contribution < -0.4 is 10.6 Å². The van der Waals surface area contributed by atoms with Gasteiger partial charge in [-0.25, -0.2) is 4.39 Å². The molecular weight excluding hydrogens is 251 g/mol. The SMILES string of the molecule is CN(CC(C)(CN)c1ccccc1)c1ccccc1F. The second kappa shape index (κ2) is 6.06. The van der Waals surface area contributed by atoms with Gasteiger partial charge in [0.1, 0.15) is 5.82 Å². The summed E-state index contributed by atoms with van der Waals surface area (Å²) in [7, 11) is 1.90. The molecule has 2 aromatic carbocycles. The van der Waals surface area contributed by atoms with E-state index in [0.29, 0.717) is 18.8 Å². The first-order chi connectivity index (χ1) is 9.57. The first-order valence-electron chi connectivity index (χ1n) is 6.78. The third-order valence-corrected chi connectivity index (χ3v) is 3.77. The fraction of sp³-hybridized carbons (Fsp3) is 0.294. The molecule has 20 heavy (non-hydrogen) atoms. The largest absolute Gasteiger partial charge is 0.371 e. The molecular formula is C17H21FN2. The maximum absolute atomic E-state index is 13.8. The lowest BCUT2D eigenvalue weighted by atomic mass is 9.82. The predicted octanol–water partition coefficient (Wildman–Crippen LogP) is 3.18. The molecule has 0 amide bonds. The first-order valence-corrected chi connectivity index (χ1v) is 6.78. The molecule has 106 valence electrons. The van der Waals surface area contributed by atoms with Gasteiger partial charge in [0.2, 0.25) is 0 Å². The molecule has 0 heterocycles. The number of likely N-dealkylation sites (N-methyl/N-ethyl adjacent to an activating group) is 1. The van der Waals surface area contributed by atoms with Crippen molar-refractivity contribution in [2.24, 2.45) is 5.73 Å². The molecule has 0 saturated carbocycles. The second-order valence-corrected chi connectivity index (χ2v) is 5.44. The van der Waals surface area contributed by atoms with Crippen molar-refractivity contribution in [1.82, 2.24) is 0 Å². The van der Waals surface area contributed by atoms with Crippen LogP contribution in [0, 0.1) is 5.82 Å². The van der Waals surface area contributed by atoms with E-state index in [1.807, 2.05) is 36.2 Å². The molecule has 1 atom stereocenters. The summed E-state index contributed by atoms with van der Waals surface area (Å²) in [5, 5.41) is 0. The van der Waals surface area contributed by atoms with Crippen molar-refractivity contribution in [1.29, 1.82) is 0 Å². The third kappa shape index (κ3) is 2.99. The summed E-state index contributed by atoms with van der Waals surface area (Å²) in [5.74, 6) is -0.206. The monoisotopic (exact) mass is 272 g/mol. The molecule has 0 spiro atoms. The first kappa shape index (κ1) is 14.5. The Bertz CT molecular complexity index is 556. The molecule has 0 saturated heterocycles. The van der Waals surface area contributed by atoms with Gasteiger partial charge in [-0.3, -0.25) is 0 Å². The van der Waals surface area contributed by atoms with Gasteiger partial charge in [0.25, 0.3) is 0 Å². The lowest BCUT2D eigenvalue weighted by Gasteiger charge is -2.34. The Kier molecular flexibility index (Phi) is 4.40. The number of hydrogen-bond donors (Lipinski definition) is 1. The zero-order valence-electron chi connectivity index (χ0n) is 12.0. The number of para-hydroxylation sites is 1. The molecule has 0 aliphatic heterocycles. The zero-order chi connectivity index (χ0) is 14.6. The van der Waals surface area contributed by atoms with E-state index in [4.69, 9.17) is 5.73 Å². The van der Waals surface area contributed by atoms with Crippen LogP contribution in [-0.2, 0) is 5.41 Å². The van der Waals surface area contributed by atoms with Crippen molar-refractivity contribution in [3.8, 4) is 0 Å². The zero-order valence-corrected chi connectivity index (χ0v) is 12.0. The Balaban J connectivity index is 2.24. The maximum atomic E-state index is 13.8. The predicted molar refractivity (Wildman–Crippen MR) is 82.5 cm³/mol. The average Bonchev–Trinajstić information content (AvgIpc) is 2.48. The van der Waals surface area contributed by atoms with E-state index in [9.17, 15) is 4.39 Å². The summed E-state index contributed by atoms with van der Waals surface area (Å²) >= 11 is 0. The highest BCUT2D eigenvalue weighted by atomic mass is 19.1. The van der Waals surface area contributed by atoms with Crippen molar-refractivity contribution in [2.45, 2.75) is 12.3 Å². The molecule has 1 unspecified atom stereocenters. The van der Waals surface area contributed by atoms with E-state index in [2.05, 4.69) is 19.1 Å². The molecule has 0 bridgehead atoms. The number of nitrogens with two attached hydrogens (primary N) is 1. The van der Waals surface area contributed by atoms with Crippen LogP contribution in [0.1, 0.15) is 12.5 Å². The van der Waals surface area contributed by atoms with Crippen LogP contribution in [0.3, 0.4) is 0 Å². The third-order valence-electron chi connectivity index (χ3n) is 3.77. The number of halogens is 1. The van der Waals surface area contributed by atoms with E-state index in [1.165, 1.54) is 11.6 Å². The summed E-state index contributed by atoms with van der Waals surface area (Å²) in [6, 6.07) is 17.0. The van der Waals surface area contributed by atoms with Gasteiger partial charge in [0, 0.05) is 25.6 Å². The van der Waals surface area contributed by atoms with Crippen LogP contribution in [0.4, 0.5) is 10.1 Å². The van der Waals surface area contributed by atoms with E-state index in [-0.39, 0.29) is 11.2 Å². The lowest BCUT2D eigenvalue weighted by Crippen LogP contribution is -2.42. The highest BCUT2D eigenvalue weighted by Crippen LogP contribution is 2.26. The van der Waals surface area contributed by atoms with Crippen LogP contribution in [0.2, 0.25) is 0 Å². The summed E-state index contributed by atoms with van der Waals surface area (Å²) in [6.45, 7) is 3.28. The molecule has 0 aliphatic rings. The standard InChI is InChI=1S/C17H21FN2/c1-17(12-19,14-8-4-3-5-9-14)13-20(2)16-11-7-6-10-15(16)18/h3-11H,12-13,19H2,1-2H3. The van der Waals surface area contributed by atoms with Crippen molar-refractivity contribution >= 4 is 5.69 Å².